The summed E-state index contributed by atoms with van der Waals surface area (Å²) in [5.41, 5.74) is 1.50. The van der Waals surface area contributed by atoms with Gasteiger partial charge in [0.15, 0.2) is 9.47 Å². The Balaban J connectivity index is 1.34. The molecule has 0 spiro atoms. The zero-order valence-electron chi connectivity index (χ0n) is 15.5. The maximum atomic E-state index is 13.1. The zero-order chi connectivity index (χ0) is 20.2. The van der Waals surface area contributed by atoms with Crippen LogP contribution in [0.2, 0.25) is 0 Å². The third kappa shape index (κ3) is 5.10. The lowest BCUT2D eigenvalue weighted by Gasteiger charge is -2.25. The Bertz CT molecular complexity index is 972. The van der Waals surface area contributed by atoms with E-state index in [2.05, 4.69) is 25.4 Å². The molecule has 1 amide bonds. The molecule has 29 heavy (non-hydrogen) atoms. The second kappa shape index (κ2) is 9.16. The SMILES string of the molecule is CC(Sc1nnc(N2CCOCC2)s1)C(=O)Nc1nc(-c2ccc(F)cc2)cs1. The standard InChI is InChI=1S/C18H18FN5O2S3/c1-11(28-18-23-22-17(29-18)24-6-8-26-9-7-24)15(25)21-16-20-14(10-27-16)12-2-4-13(19)5-3-12/h2-5,10-11H,6-9H2,1H3,(H,20,21,25). The molecule has 1 fully saturated rings. The first kappa shape index (κ1) is 20.2. The minimum absolute atomic E-state index is 0.155. The second-order valence-electron chi connectivity index (χ2n) is 6.24. The van der Waals surface area contributed by atoms with Crippen molar-refractivity contribution >= 4 is 50.6 Å². The van der Waals surface area contributed by atoms with Crippen LogP contribution in [0.1, 0.15) is 6.92 Å². The van der Waals surface area contributed by atoms with E-state index in [9.17, 15) is 9.18 Å². The first-order valence-electron chi connectivity index (χ1n) is 8.93. The van der Waals surface area contributed by atoms with E-state index in [1.807, 2.05) is 12.3 Å². The van der Waals surface area contributed by atoms with E-state index in [0.29, 0.717) is 24.0 Å². The quantitative estimate of drug-likeness (QED) is 0.572. The average molecular weight is 452 g/mol. The van der Waals surface area contributed by atoms with Crippen LogP contribution < -0.4 is 10.2 Å². The predicted octanol–water partition coefficient (Wildman–Crippen LogP) is 3.76. The number of carbonyl (C=O) groups excluding carboxylic acids is 1. The van der Waals surface area contributed by atoms with Gasteiger partial charge in [-0.1, -0.05) is 23.1 Å². The summed E-state index contributed by atoms with van der Waals surface area (Å²) in [5, 5.41) is 14.1. The molecule has 2 aromatic heterocycles. The first-order valence-corrected chi connectivity index (χ1v) is 11.5. The number of benzene rings is 1. The molecule has 7 nitrogen and oxygen atoms in total. The van der Waals surface area contributed by atoms with Crippen molar-refractivity contribution in [3.8, 4) is 11.3 Å². The fraction of sp³-hybridized carbons (Fsp3) is 0.333. The van der Waals surface area contributed by atoms with Gasteiger partial charge in [-0.2, -0.15) is 0 Å². The summed E-state index contributed by atoms with van der Waals surface area (Å²) >= 11 is 4.19. The van der Waals surface area contributed by atoms with Crippen LogP contribution in [0, 0.1) is 5.82 Å². The number of thiazole rings is 1. The Morgan fingerprint density at radius 2 is 2.03 bits per heavy atom. The van der Waals surface area contributed by atoms with Crippen molar-refractivity contribution in [3.63, 3.8) is 0 Å². The second-order valence-corrected chi connectivity index (χ2v) is 9.65. The number of nitrogens with zero attached hydrogens (tertiary/aromatic N) is 4. The van der Waals surface area contributed by atoms with Crippen molar-refractivity contribution in [1.82, 2.24) is 15.2 Å². The molecule has 3 aromatic rings. The van der Waals surface area contributed by atoms with Crippen LogP contribution in [-0.2, 0) is 9.53 Å². The number of ether oxygens (including phenoxy) is 1. The third-order valence-electron chi connectivity index (χ3n) is 4.20. The van der Waals surface area contributed by atoms with Crippen LogP contribution in [0.25, 0.3) is 11.3 Å². The molecule has 0 bridgehead atoms. The molecule has 0 saturated carbocycles. The molecule has 11 heteroatoms. The molecule has 1 atom stereocenters. The van der Waals surface area contributed by atoms with Gasteiger partial charge in [-0.15, -0.1) is 21.5 Å². The highest BCUT2D eigenvalue weighted by molar-refractivity contribution is 8.02. The number of nitrogens with one attached hydrogen (secondary N) is 1. The normalized spacial score (nSPS) is 15.3. The Labute approximate surface area is 179 Å². The minimum Gasteiger partial charge on any atom is -0.378 e. The van der Waals surface area contributed by atoms with Crippen LogP contribution in [-0.4, -0.2) is 52.6 Å². The van der Waals surface area contributed by atoms with E-state index in [1.54, 1.807) is 12.1 Å². The summed E-state index contributed by atoms with van der Waals surface area (Å²) in [6.45, 7) is 4.80. The molecule has 3 heterocycles. The van der Waals surface area contributed by atoms with Gasteiger partial charge in [0.2, 0.25) is 11.0 Å². The maximum absolute atomic E-state index is 13.1. The molecule has 1 saturated heterocycles. The number of thioether (sulfide) groups is 1. The van der Waals surface area contributed by atoms with Crippen LogP contribution in [0.5, 0.6) is 0 Å². The highest BCUT2D eigenvalue weighted by Gasteiger charge is 2.21. The molecule has 1 N–H and O–H groups in total. The maximum Gasteiger partial charge on any atom is 0.239 e. The zero-order valence-corrected chi connectivity index (χ0v) is 18.0. The van der Waals surface area contributed by atoms with E-state index >= 15 is 0 Å². The average Bonchev–Trinajstić information content (AvgIpc) is 3.39. The monoisotopic (exact) mass is 451 g/mol. The summed E-state index contributed by atoms with van der Waals surface area (Å²) in [6, 6.07) is 6.10. The smallest absolute Gasteiger partial charge is 0.239 e. The van der Waals surface area contributed by atoms with E-state index in [4.69, 9.17) is 4.74 Å². The molecule has 1 aliphatic rings. The van der Waals surface area contributed by atoms with E-state index in [-0.39, 0.29) is 17.0 Å². The Morgan fingerprint density at radius 1 is 1.28 bits per heavy atom. The molecule has 152 valence electrons. The fourth-order valence-corrected chi connectivity index (χ4v) is 5.39. The highest BCUT2D eigenvalue weighted by Crippen LogP contribution is 2.32. The number of morpholine rings is 1. The number of rotatable bonds is 6. The minimum atomic E-state index is -0.348. The summed E-state index contributed by atoms with van der Waals surface area (Å²) in [7, 11) is 0. The van der Waals surface area contributed by atoms with E-state index in [0.717, 1.165) is 28.1 Å². The number of hydrogen-bond acceptors (Lipinski definition) is 9. The lowest BCUT2D eigenvalue weighted by atomic mass is 10.2. The Morgan fingerprint density at radius 3 is 2.79 bits per heavy atom. The summed E-state index contributed by atoms with van der Waals surface area (Å²) in [6.07, 6.45) is 0. The number of halogens is 1. The van der Waals surface area contributed by atoms with Gasteiger partial charge in [0, 0.05) is 24.0 Å². The largest absolute Gasteiger partial charge is 0.378 e. The van der Waals surface area contributed by atoms with Crippen molar-refractivity contribution in [3.05, 3.63) is 35.5 Å². The van der Waals surface area contributed by atoms with Gasteiger partial charge in [-0.3, -0.25) is 4.79 Å². The van der Waals surface area contributed by atoms with E-state index < -0.39 is 0 Å². The molecule has 1 aliphatic heterocycles. The van der Waals surface area contributed by atoms with Gasteiger partial charge in [-0.05, 0) is 31.2 Å². The Kier molecular flexibility index (Phi) is 6.38. The molecule has 4 rings (SSSR count). The number of hydrogen-bond donors (Lipinski definition) is 1. The van der Waals surface area contributed by atoms with Crippen LogP contribution >= 0.6 is 34.4 Å². The van der Waals surface area contributed by atoms with Crippen molar-refractivity contribution in [2.75, 3.05) is 36.5 Å². The van der Waals surface area contributed by atoms with E-state index in [1.165, 1.54) is 46.6 Å². The highest BCUT2D eigenvalue weighted by atomic mass is 32.2. The number of aromatic nitrogens is 3. The van der Waals surface area contributed by atoms with Crippen molar-refractivity contribution < 1.29 is 13.9 Å². The fourth-order valence-electron chi connectivity index (χ4n) is 2.63. The van der Waals surface area contributed by atoms with Gasteiger partial charge in [-0.25, -0.2) is 9.37 Å². The van der Waals surface area contributed by atoms with Gasteiger partial charge < -0.3 is 15.0 Å². The van der Waals surface area contributed by atoms with Gasteiger partial charge in [0.1, 0.15) is 5.82 Å². The molecular weight excluding hydrogens is 433 g/mol. The summed E-state index contributed by atoms with van der Waals surface area (Å²) in [5.74, 6) is -0.449. The van der Waals surface area contributed by atoms with Gasteiger partial charge >= 0.3 is 0 Å². The first-order chi connectivity index (χ1) is 14.1. The predicted molar refractivity (Wildman–Crippen MR) is 114 cm³/mol. The van der Waals surface area contributed by atoms with Gasteiger partial charge in [0.25, 0.3) is 0 Å². The molecule has 1 aromatic carbocycles. The van der Waals surface area contributed by atoms with Crippen molar-refractivity contribution in [1.29, 1.82) is 0 Å². The lowest BCUT2D eigenvalue weighted by molar-refractivity contribution is -0.115. The van der Waals surface area contributed by atoms with Crippen LogP contribution in [0.15, 0.2) is 34.0 Å². The number of carbonyl (C=O) groups is 1. The number of anilines is 2. The van der Waals surface area contributed by atoms with Gasteiger partial charge in [0.05, 0.1) is 24.2 Å². The molecule has 1 unspecified atom stereocenters. The Hall–Kier alpha value is -2.08. The molecular formula is C18H18FN5O2S3. The summed E-state index contributed by atoms with van der Waals surface area (Å²) < 4.78 is 19.2. The molecule has 0 radical (unpaired) electrons. The topological polar surface area (TPSA) is 80.2 Å². The van der Waals surface area contributed by atoms with Crippen molar-refractivity contribution in [2.24, 2.45) is 0 Å². The van der Waals surface area contributed by atoms with Crippen LogP contribution in [0.4, 0.5) is 14.7 Å². The lowest BCUT2D eigenvalue weighted by Crippen LogP contribution is -2.36. The molecule has 0 aliphatic carbocycles. The van der Waals surface area contributed by atoms with Crippen molar-refractivity contribution in [2.45, 2.75) is 16.5 Å². The van der Waals surface area contributed by atoms with Crippen LogP contribution in [0.3, 0.4) is 0 Å². The summed E-state index contributed by atoms with van der Waals surface area (Å²) in [4.78, 5) is 19.1. The third-order valence-corrected chi connectivity index (χ3v) is 7.12. The number of amides is 1.